The second kappa shape index (κ2) is 4.41. The fourth-order valence-electron chi connectivity index (χ4n) is 2.57. The van der Waals surface area contributed by atoms with E-state index < -0.39 is 12.8 Å². The predicted octanol–water partition coefficient (Wildman–Crippen LogP) is 2.92. The van der Waals surface area contributed by atoms with Gasteiger partial charge in [-0.25, -0.2) is 4.39 Å². The lowest BCUT2D eigenvalue weighted by atomic mass is 9.92. The molecule has 3 atom stereocenters. The van der Waals surface area contributed by atoms with Gasteiger partial charge >= 0.3 is 0 Å². The molecule has 0 aromatic heterocycles. The minimum Gasteiger partial charge on any atom is -0.390 e. The zero-order valence-corrected chi connectivity index (χ0v) is 8.72. The fraction of sp³-hybridized carbons (Fsp3) is 1.00. The number of alkyl halides is 1. The van der Waals surface area contributed by atoms with E-state index in [9.17, 15) is 9.50 Å². The summed E-state index contributed by atoms with van der Waals surface area (Å²) >= 11 is 0. The molecule has 0 saturated heterocycles. The first-order chi connectivity index (χ1) is 6.18. The zero-order chi connectivity index (χ0) is 9.90. The summed E-state index contributed by atoms with van der Waals surface area (Å²) in [6, 6.07) is 0. The first kappa shape index (κ1) is 11.0. The van der Waals surface area contributed by atoms with Gasteiger partial charge in [0.15, 0.2) is 0 Å². The van der Waals surface area contributed by atoms with E-state index >= 15 is 0 Å². The van der Waals surface area contributed by atoms with Crippen molar-refractivity contribution in [3.05, 3.63) is 0 Å². The maximum absolute atomic E-state index is 12.1. The van der Waals surface area contributed by atoms with E-state index in [2.05, 4.69) is 13.8 Å². The van der Waals surface area contributed by atoms with E-state index in [1.807, 2.05) is 0 Å². The molecule has 78 valence electrons. The molecule has 13 heavy (non-hydrogen) atoms. The van der Waals surface area contributed by atoms with Crippen molar-refractivity contribution in [3.63, 3.8) is 0 Å². The van der Waals surface area contributed by atoms with Crippen LogP contribution in [-0.4, -0.2) is 17.9 Å². The molecule has 0 aliphatic heterocycles. The van der Waals surface area contributed by atoms with Crippen molar-refractivity contribution in [2.45, 2.75) is 52.1 Å². The number of aliphatic hydroxyl groups is 1. The summed E-state index contributed by atoms with van der Waals surface area (Å²) in [7, 11) is 0. The van der Waals surface area contributed by atoms with Crippen LogP contribution in [-0.2, 0) is 0 Å². The minimum absolute atomic E-state index is 0.463. The summed E-state index contributed by atoms with van der Waals surface area (Å²) in [4.78, 5) is 0. The highest BCUT2D eigenvalue weighted by Gasteiger charge is 2.51. The Hall–Kier alpha value is -0.110. The van der Waals surface area contributed by atoms with Crippen LogP contribution in [0.5, 0.6) is 0 Å². The monoisotopic (exact) mass is 188 g/mol. The quantitative estimate of drug-likeness (QED) is 0.679. The average Bonchev–Trinajstić information content (AvgIpc) is 2.80. The van der Waals surface area contributed by atoms with E-state index in [1.54, 1.807) is 0 Å². The van der Waals surface area contributed by atoms with E-state index in [0.29, 0.717) is 17.8 Å². The molecule has 1 rings (SSSR count). The highest BCUT2D eigenvalue weighted by atomic mass is 19.1. The molecule has 1 N–H and O–H groups in total. The Balaban J connectivity index is 2.32. The molecule has 1 aliphatic rings. The number of aliphatic hydroxyl groups excluding tert-OH is 1. The highest BCUT2D eigenvalue weighted by molar-refractivity contribution is 5.01. The van der Waals surface area contributed by atoms with Gasteiger partial charge in [0, 0.05) is 0 Å². The summed E-state index contributed by atoms with van der Waals surface area (Å²) in [5, 5.41) is 9.19. The standard InChI is InChI=1S/C11H21FO/c1-3-5-11(4-2)7-9(11)6-10(13)8-12/h9-10,13H,3-8H2,1-2H3. The van der Waals surface area contributed by atoms with Gasteiger partial charge in [-0.05, 0) is 30.6 Å². The SMILES string of the molecule is CCCC1(CC)CC1CC(O)CF. The molecule has 1 aliphatic carbocycles. The van der Waals surface area contributed by atoms with Crippen LogP contribution in [0.25, 0.3) is 0 Å². The number of halogens is 1. The topological polar surface area (TPSA) is 20.2 Å². The van der Waals surface area contributed by atoms with Gasteiger partial charge in [-0.3, -0.25) is 0 Å². The summed E-state index contributed by atoms with van der Waals surface area (Å²) in [6.45, 7) is 3.82. The first-order valence-corrected chi connectivity index (χ1v) is 5.42. The summed E-state index contributed by atoms with van der Waals surface area (Å²) in [6.07, 6.45) is 4.79. The predicted molar refractivity (Wildman–Crippen MR) is 52.3 cm³/mol. The molecule has 0 heterocycles. The normalized spacial score (nSPS) is 34.6. The Bertz CT molecular complexity index is 160. The lowest BCUT2D eigenvalue weighted by Gasteiger charge is -2.14. The van der Waals surface area contributed by atoms with Crippen LogP contribution in [0.2, 0.25) is 0 Å². The Labute approximate surface area is 80.3 Å². The van der Waals surface area contributed by atoms with Crippen molar-refractivity contribution >= 4 is 0 Å². The molecule has 2 heteroatoms. The van der Waals surface area contributed by atoms with Gasteiger partial charge in [0.1, 0.15) is 6.67 Å². The second-order valence-corrected chi connectivity index (χ2v) is 4.41. The average molecular weight is 188 g/mol. The summed E-state index contributed by atoms with van der Waals surface area (Å²) < 4.78 is 12.1. The van der Waals surface area contributed by atoms with Gasteiger partial charge < -0.3 is 5.11 Å². The first-order valence-electron chi connectivity index (χ1n) is 5.42. The fourth-order valence-corrected chi connectivity index (χ4v) is 2.57. The van der Waals surface area contributed by atoms with Gasteiger partial charge in [-0.1, -0.05) is 26.7 Å². The molecular formula is C11H21FO. The van der Waals surface area contributed by atoms with E-state index in [0.717, 1.165) is 0 Å². The largest absolute Gasteiger partial charge is 0.390 e. The Kier molecular flexibility index (Phi) is 3.72. The molecule has 1 fully saturated rings. The Morgan fingerprint density at radius 1 is 1.54 bits per heavy atom. The molecule has 0 bridgehead atoms. The molecule has 1 nitrogen and oxygen atoms in total. The number of rotatable bonds is 6. The van der Waals surface area contributed by atoms with Crippen LogP contribution in [0, 0.1) is 11.3 Å². The van der Waals surface area contributed by atoms with Crippen molar-refractivity contribution in [2.24, 2.45) is 11.3 Å². The molecule has 0 aromatic rings. The van der Waals surface area contributed by atoms with Gasteiger partial charge in [-0.2, -0.15) is 0 Å². The van der Waals surface area contributed by atoms with Gasteiger partial charge in [0.2, 0.25) is 0 Å². The highest BCUT2D eigenvalue weighted by Crippen LogP contribution is 2.60. The zero-order valence-electron chi connectivity index (χ0n) is 8.72. The third-order valence-electron chi connectivity index (χ3n) is 3.55. The molecule has 0 spiro atoms. The third kappa shape index (κ3) is 2.43. The molecule has 0 aromatic carbocycles. The molecule has 0 radical (unpaired) electrons. The van der Waals surface area contributed by atoms with Crippen LogP contribution < -0.4 is 0 Å². The number of hydrogen-bond donors (Lipinski definition) is 1. The van der Waals surface area contributed by atoms with Crippen molar-refractivity contribution in [1.29, 1.82) is 0 Å². The third-order valence-corrected chi connectivity index (χ3v) is 3.55. The maximum atomic E-state index is 12.1. The molecule has 3 unspecified atom stereocenters. The van der Waals surface area contributed by atoms with Crippen molar-refractivity contribution < 1.29 is 9.50 Å². The van der Waals surface area contributed by atoms with Crippen molar-refractivity contribution in [2.75, 3.05) is 6.67 Å². The van der Waals surface area contributed by atoms with Gasteiger partial charge in [0.25, 0.3) is 0 Å². The maximum Gasteiger partial charge on any atom is 0.115 e. The van der Waals surface area contributed by atoms with E-state index in [1.165, 1.54) is 25.7 Å². The van der Waals surface area contributed by atoms with Crippen molar-refractivity contribution in [1.82, 2.24) is 0 Å². The second-order valence-electron chi connectivity index (χ2n) is 4.41. The van der Waals surface area contributed by atoms with E-state index in [-0.39, 0.29) is 0 Å². The number of hydrogen-bond acceptors (Lipinski definition) is 1. The van der Waals surface area contributed by atoms with Gasteiger partial charge in [0.05, 0.1) is 6.10 Å². The summed E-state index contributed by atoms with van der Waals surface area (Å²) in [5.41, 5.74) is 0.463. The van der Waals surface area contributed by atoms with Crippen LogP contribution >= 0.6 is 0 Å². The Morgan fingerprint density at radius 3 is 2.69 bits per heavy atom. The lowest BCUT2D eigenvalue weighted by Crippen LogP contribution is -2.13. The summed E-state index contributed by atoms with van der Waals surface area (Å²) in [5.74, 6) is 0.586. The molecule has 0 amide bonds. The molecular weight excluding hydrogens is 167 g/mol. The van der Waals surface area contributed by atoms with Crippen LogP contribution in [0.15, 0.2) is 0 Å². The van der Waals surface area contributed by atoms with Crippen LogP contribution in [0.1, 0.15) is 46.0 Å². The van der Waals surface area contributed by atoms with Gasteiger partial charge in [-0.15, -0.1) is 0 Å². The molecule has 1 saturated carbocycles. The minimum atomic E-state index is -0.713. The smallest absolute Gasteiger partial charge is 0.115 e. The lowest BCUT2D eigenvalue weighted by molar-refractivity contribution is 0.118. The van der Waals surface area contributed by atoms with Crippen LogP contribution in [0.3, 0.4) is 0 Å². The van der Waals surface area contributed by atoms with E-state index in [4.69, 9.17) is 0 Å². The van der Waals surface area contributed by atoms with Crippen molar-refractivity contribution in [3.8, 4) is 0 Å². The van der Waals surface area contributed by atoms with Crippen LogP contribution in [0.4, 0.5) is 4.39 Å². The Morgan fingerprint density at radius 2 is 2.23 bits per heavy atom.